The molecule has 194 valence electrons. The topological polar surface area (TPSA) is 89.5 Å². The highest BCUT2D eigenvalue weighted by atomic mass is 16.9. The molecule has 2 saturated heterocycles. The fraction of sp³-hybridized carbons (Fsp3) is 0.852. The van der Waals surface area contributed by atoms with Crippen LogP contribution in [0.25, 0.3) is 0 Å². The van der Waals surface area contributed by atoms with Crippen molar-refractivity contribution in [2.75, 3.05) is 20.2 Å². The predicted octanol–water partition coefficient (Wildman–Crippen LogP) is 3.87. The minimum absolute atomic E-state index is 0.0671. The van der Waals surface area contributed by atoms with Gasteiger partial charge in [-0.2, -0.15) is 0 Å². The first-order valence-corrected chi connectivity index (χ1v) is 13.2. The van der Waals surface area contributed by atoms with Crippen LogP contribution in [0, 0.1) is 28.6 Å². The SMILES string of the molecule is CC(=O)O[C@H]1CC[C@@]2(C)C(=CC[C@@H]3[C@@H]2[C@@H](OC(C)=O)C[C@@]2(C)[C@H]3CC[C@@]23OCOC32COCO2)C1. The van der Waals surface area contributed by atoms with E-state index in [4.69, 9.17) is 28.4 Å². The van der Waals surface area contributed by atoms with Gasteiger partial charge in [-0.15, -0.1) is 0 Å². The highest BCUT2D eigenvalue weighted by Crippen LogP contribution is 2.71. The van der Waals surface area contributed by atoms with Crippen molar-refractivity contribution in [1.82, 2.24) is 0 Å². The molecule has 35 heavy (non-hydrogen) atoms. The monoisotopic (exact) mass is 490 g/mol. The second-order valence-electron chi connectivity index (χ2n) is 12.1. The zero-order valence-electron chi connectivity index (χ0n) is 21.3. The van der Waals surface area contributed by atoms with E-state index in [-0.39, 0.29) is 54.5 Å². The Hall–Kier alpha value is -1.48. The van der Waals surface area contributed by atoms with Crippen LogP contribution in [0.4, 0.5) is 0 Å². The van der Waals surface area contributed by atoms with Gasteiger partial charge in [0.25, 0.3) is 0 Å². The molecule has 9 atom stereocenters. The lowest BCUT2D eigenvalue weighted by Crippen LogP contribution is -2.66. The van der Waals surface area contributed by atoms with Crippen LogP contribution in [-0.4, -0.2) is 55.7 Å². The molecule has 0 amide bonds. The van der Waals surface area contributed by atoms with Gasteiger partial charge in [0.2, 0.25) is 5.79 Å². The Morgan fingerprint density at radius 3 is 2.49 bits per heavy atom. The molecular weight excluding hydrogens is 452 g/mol. The third-order valence-corrected chi connectivity index (χ3v) is 10.6. The number of ether oxygens (including phenoxy) is 6. The summed E-state index contributed by atoms with van der Waals surface area (Å²) in [4.78, 5) is 24.0. The third-order valence-electron chi connectivity index (χ3n) is 10.6. The minimum Gasteiger partial charge on any atom is -0.462 e. The summed E-state index contributed by atoms with van der Waals surface area (Å²) in [7, 11) is 0. The molecule has 8 nitrogen and oxygen atoms in total. The molecule has 2 heterocycles. The maximum atomic E-state index is 12.4. The first kappa shape index (κ1) is 23.9. The molecule has 0 N–H and O–H groups in total. The summed E-state index contributed by atoms with van der Waals surface area (Å²) in [6.45, 7) is 8.40. The summed E-state index contributed by atoms with van der Waals surface area (Å²) >= 11 is 0. The number of rotatable bonds is 2. The van der Waals surface area contributed by atoms with Crippen LogP contribution in [0.15, 0.2) is 11.6 Å². The van der Waals surface area contributed by atoms with Gasteiger partial charge in [-0.25, -0.2) is 0 Å². The Morgan fingerprint density at radius 2 is 1.77 bits per heavy atom. The molecule has 0 aromatic carbocycles. The maximum absolute atomic E-state index is 12.4. The van der Waals surface area contributed by atoms with Crippen LogP contribution in [0.2, 0.25) is 0 Å². The zero-order chi connectivity index (χ0) is 24.6. The quantitative estimate of drug-likeness (QED) is 0.426. The molecule has 0 aromatic rings. The molecule has 8 heteroatoms. The highest BCUT2D eigenvalue weighted by Gasteiger charge is 2.77. The van der Waals surface area contributed by atoms with Gasteiger partial charge in [0.1, 0.15) is 24.4 Å². The molecule has 6 aliphatic rings. The molecule has 6 rings (SSSR count). The Balaban J connectivity index is 1.38. The van der Waals surface area contributed by atoms with Crippen molar-refractivity contribution in [3.05, 3.63) is 11.6 Å². The average Bonchev–Trinajstić information content (AvgIpc) is 3.48. The number of carbonyl (C=O) groups is 2. The number of allylic oxidation sites excluding steroid dienone is 1. The molecule has 0 radical (unpaired) electrons. The van der Waals surface area contributed by atoms with Crippen molar-refractivity contribution >= 4 is 11.9 Å². The molecule has 4 aliphatic carbocycles. The first-order chi connectivity index (χ1) is 16.6. The molecule has 5 fully saturated rings. The minimum atomic E-state index is -0.897. The summed E-state index contributed by atoms with van der Waals surface area (Å²) in [5, 5.41) is 0. The van der Waals surface area contributed by atoms with Crippen molar-refractivity contribution in [2.24, 2.45) is 28.6 Å². The van der Waals surface area contributed by atoms with Crippen molar-refractivity contribution in [3.63, 3.8) is 0 Å². The number of carbonyl (C=O) groups excluding carboxylic acids is 2. The van der Waals surface area contributed by atoms with Crippen molar-refractivity contribution in [1.29, 1.82) is 0 Å². The van der Waals surface area contributed by atoms with Gasteiger partial charge in [-0.05, 0) is 55.8 Å². The van der Waals surface area contributed by atoms with E-state index in [1.807, 2.05) is 0 Å². The van der Waals surface area contributed by atoms with Crippen molar-refractivity contribution < 1.29 is 38.0 Å². The number of esters is 2. The van der Waals surface area contributed by atoms with Gasteiger partial charge in [0, 0.05) is 31.6 Å². The fourth-order valence-corrected chi connectivity index (χ4v) is 9.36. The van der Waals surface area contributed by atoms with Gasteiger partial charge in [0.15, 0.2) is 13.6 Å². The fourth-order valence-electron chi connectivity index (χ4n) is 9.36. The van der Waals surface area contributed by atoms with Crippen LogP contribution < -0.4 is 0 Å². The average molecular weight is 491 g/mol. The highest BCUT2D eigenvalue weighted by molar-refractivity contribution is 5.66. The van der Waals surface area contributed by atoms with Crippen LogP contribution in [0.1, 0.15) is 72.6 Å². The van der Waals surface area contributed by atoms with Crippen molar-refractivity contribution in [2.45, 2.75) is 96.2 Å². The summed E-state index contributed by atoms with van der Waals surface area (Å²) < 4.78 is 36.2. The summed E-state index contributed by atoms with van der Waals surface area (Å²) in [6, 6.07) is 0. The Labute approximate surface area is 207 Å². The standard InChI is InChI=1S/C27H38O8/c1-16(28)34-19-7-9-24(3)18(11-19)5-6-20-21-8-10-26(27(33-15-31-26)13-30-14-32-27)25(21,4)12-22(23(20)24)35-17(2)29/h5,19-23H,6-15H2,1-4H3/t19-,20-,21-,22-,23+,24-,25-,26+,27?/m0/s1. The predicted molar refractivity (Wildman–Crippen MR) is 123 cm³/mol. The Morgan fingerprint density at radius 1 is 1.00 bits per heavy atom. The van der Waals surface area contributed by atoms with E-state index in [0.717, 1.165) is 38.5 Å². The van der Waals surface area contributed by atoms with E-state index in [0.29, 0.717) is 24.9 Å². The normalized spacial score (nSPS) is 50.4. The summed E-state index contributed by atoms with van der Waals surface area (Å²) in [5.41, 5.74) is 0.362. The second-order valence-corrected chi connectivity index (χ2v) is 12.1. The molecule has 1 unspecified atom stereocenters. The van der Waals surface area contributed by atoms with Gasteiger partial charge in [0.05, 0.1) is 0 Å². The van der Waals surface area contributed by atoms with E-state index < -0.39 is 11.4 Å². The molecule has 3 saturated carbocycles. The third kappa shape index (κ3) is 3.19. The van der Waals surface area contributed by atoms with E-state index in [9.17, 15) is 9.59 Å². The Kier molecular flexibility index (Phi) is 5.47. The lowest BCUT2D eigenvalue weighted by Gasteiger charge is -2.61. The lowest BCUT2D eigenvalue weighted by molar-refractivity contribution is -0.258. The largest absolute Gasteiger partial charge is 0.462 e. The van der Waals surface area contributed by atoms with Crippen LogP contribution >= 0.6 is 0 Å². The summed E-state index contributed by atoms with van der Waals surface area (Å²) in [5.74, 6) is -0.387. The van der Waals surface area contributed by atoms with E-state index in [2.05, 4.69) is 19.9 Å². The number of fused-ring (bicyclic) bond motifs is 7. The second kappa shape index (κ2) is 8.01. The van der Waals surface area contributed by atoms with Gasteiger partial charge < -0.3 is 28.4 Å². The van der Waals surface area contributed by atoms with Crippen LogP contribution in [0.5, 0.6) is 0 Å². The van der Waals surface area contributed by atoms with E-state index in [1.165, 1.54) is 19.4 Å². The molecule has 0 bridgehead atoms. The van der Waals surface area contributed by atoms with Gasteiger partial charge in [-0.3, -0.25) is 9.59 Å². The number of hydrogen-bond donors (Lipinski definition) is 0. The molecular formula is C27H38O8. The molecule has 2 aliphatic heterocycles. The first-order valence-electron chi connectivity index (χ1n) is 13.2. The van der Waals surface area contributed by atoms with E-state index >= 15 is 0 Å². The van der Waals surface area contributed by atoms with Gasteiger partial charge in [-0.1, -0.05) is 25.5 Å². The number of hydrogen-bond acceptors (Lipinski definition) is 8. The van der Waals surface area contributed by atoms with Crippen molar-refractivity contribution in [3.8, 4) is 0 Å². The zero-order valence-corrected chi connectivity index (χ0v) is 21.3. The lowest BCUT2D eigenvalue weighted by atomic mass is 9.45. The van der Waals surface area contributed by atoms with E-state index in [1.54, 1.807) is 0 Å². The maximum Gasteiger partial charge on any atom is 0.302 e. The van der Waals surface area contributed by atoms with Gasteiger partial charge >= 0.3 is 11.9 Å². The Bertz CT molecular complexity index is 934. The smallest absolute Gasteiger partial charge is 0.302 e. The molecule has 0 aromatic heterocycles. The van der Waals surface area contributed by atoms with Crippen LogP contribution in [0.3, 0.4) is 0 Å². The summed E-state index contributed by atoms with van der Waals surface area (Å²) in [6.07, 6.45) is 8.14. The molecule has 2 spiro atoms. The van der Waals surface area contributed by atoms with Crippen LogP contribution in [-0.2, 0) is 38.0 Å².